The van der Waals surface area contributed by atoms with Gasteiger partial charge >= 0.3 is 0 Å². The summed E-state index contributed by atoms with van der Waals surface area (Å²) in [6, 6.07) is 13.9. The number of halogens is 1. The van der Waals surface area contributed by atoms with E-state index in [9.17, 15) is 9.59 Å². The van der Waals surface area contributed by atoms with Crippen molar-refractivity contribution < 1.29 is 14.6 Å². The molecule has 1 aromatic heterocycles. The van der Waals surface area contributed by atoms with Crippen LogP contribution in [-0.2, 0) is 6.54 Å². The number of aliphatic hydroxyl groups is 1. The summed E-state index contributed by atoms with van der Waals surface area (Å²) in [7, 11) is 0. The lowest BCUT2D eigenvalue weighted by Gasteiger charge is -2.10. The third kappa shape index (κ3) is 3.95. The molecule has 0 radical (unpaired) electrons. The number of pyridine rings is 1. The van der Waals surface area contributed by atoms with Crippen molar-refractivity contribution in [2.24, 2.45) is 0 Å². The molecule has 26 heavy (non-hydrogen) atoms. The standard InChI is InChI=1S/C20H18ClNO4/c21-17-4-1-2-5-19(17)26-11-3-9-22-10-8-14-6-7-15(18(24)13-23)12-16(14)20(22)25/h1-2,4-8,10,12,23H,3,9,11,13H2. The van der Waals surface area contributed by atoms with E-state index < -0.39 is 12.4 Å². The lowest BCUT2D eigenvalue weighted by Crippen LogP contribution is -2.21. The summed E-state index contributed by atoms with van der Waals surface area (Å²) >= 11 is 6.04. The van der Waals surface area contributed by atoms with E-state index >= 15 is 0 Å². The Labute approximate surface area is 155 Å². The molecule has 1 N–H and O–H groups in total. The number of carbonyl (C=O) groups is 1. The molecular formula is C20H18ClNO4. The van der Waals surface area contributed by atoms with Gasteiger partial charge in [-0.25, -0.2) is 0 Å². The summed E-state index contributed by atoms with van der Waals surface area (Å²) in [5.74, 6) is 0.210. The smallest absolute Gasteiger partial charge is 0.258 e. The summed E-state index contributed by atoms with van der Waals surface area (Å²) in [5.41, 5.74) is 0.157. The lowest BCUT2D eigenvalue weighted by atomic mass is 10.1. The SMILES string of the molecule is O=C(CO)c1ccc2ccn(CCCOc3ccccc3Cl)c(=O)c2c1. The average molecular weight is 372 g/mol. The van der Waals surface area contributed by atoms with Gasteiger partial charge < -0.3 is 14.4 Å². The minimum Gasteiger partial charge on any atom is -0.492 e. The Kier molecular flexibility index (Phi) is 5.71. The fourth-order valence-corrected chi connectivity index (χ4v) is 2.89. The molecule has 134 valence electrons. The average Bonchev–Trinajstić information content (AvgIpc) is 2.67. The number of fused-ring (bicyclic) bond motifs is 1. The normalized spacial score (nSPS) is 10.8. The van der Waals surface area contributed by atoms with E-state index in [2.05, 4.69) is 0 Å². The van der Waals surface area contributed by atoms with Crippen LogP contribution in [0.25, 0.3) is 10.8 Å². The number of carbonyl (C=O) groups excluding carboxylic acids is 1. The Hall–Kier alpha value is -2.63. The van der Waals surface area contributed by atoms with Gasteiger partial charge in [0.2, 0.25) is 0 Å². The number of Topliss-reactive ketones (excluding diaryl/α,β-unsaturated/α-hetero) is 1. The van der Waals surface area contributed by atoms with Crippen LogP contribution < -0.4 is 10.3 Å². The van der Waals surface area contributed by atoms with Crippen LogP contribution in [0.3, 0.4) is 0 Å². The maximum absolute atomic E-state index is 12.6. The second-order valence-electron chi connectivity index (χ2n) is 5.83. The number of hydrogen-bond donors (Lipinski definition) is 1. The molecule has 0 bridgehead atoms. The topological polar surface area (TPSA) is 68.5 Å². The quantitative estimate of drug-likeness (QED) is 0.511. The second kappa shape index (κ2) is 8.17. The Bertz CT molecular complexity index is 997. The van der Waals surface area contributed by atoms with Crippen LogP contribution in [0.15, 0.2) is 59.5 Å². The summed E-state index contributed by atoms with van der Waals surface area (Å²) in [6.45, 7) is 0.334. The summed E-state index contributed by atoms with van der Waals surface area (Å²) in [4.78, 5) is 24.3. The van der Waals surface area contributed by atoms with Gasteiger partial charge in [-0.05, 0) is 36.1 Å². The zero-order valence-electron chi connectivity index (χ0n) is 14.0. The third-order valence-electron chi connectivity index (χ3n) is 4.08. The Morgan fingerprint density at radius 3 is 2.73 bits per heavy atom. The van der Waals surface area contributed by atoms with Crippen molar-refractivity contribution in [3.8, 4) is 5.75 Å². The highest BCUT2D eigenvalue weighted by Crippen LogP contribution is 2.23. The third-order valence-corrected chi connectivity index (χ3v) is 4.39. The predicted molar refractivity (Wildman–Crippen MR) is 101 cm³/mol. The van der Waals surface area contributed by atoms with E-state index in [4.69, 9.17) is 21.4 Å². The van der Waals surface area contributed by atoms with E-state index in [1.165, 1.54) is 6.07 Å². The molecule has 0 unspecified atom stereocenters. The number of nitrogens with zero attached hydrogens (tertiary/aromatic N) is 1. The molecule has 0 saturated carbocycles. The molecule has 5 nitrogen and oxygen atoms in total. The highest BCUT2D eigenvalue weighted by molar-refractivity contribution is 6.32. The second-order valence-corrected chi connectivity index (χ2v) is 6.24. The molecule has 6 heteroatoms. The van der Waals surface area contributed by atoms with Crippen molar-refractivity contribution >= 4 is 28.2 Å². The van der Waals surface area contributed by atoms with Gasteiger partial charge in [0, 0.05) is 23.7 Å². The molecule has 1 heterocycles. The number of rotatable bonds is 7. The monoisotopic (exact) mass is 371 g/mol. The number of ketones is 1. The molecule has 0 spiro atoms. The number of para-hydroxylation sites is 1. The van der Waals surface area contributed by atoms with Crippen LogP contribution in [-0.4, -0.2) is 28.7 Å². The van der Waals surface area contributed by atoms with E-state index in [0.717, 1.165) is 5.39 Å². The van der Waals surface area contributed by atoms with Gasteiger partial charge in [0.25, 0.3) is 5.56 Å². The highest BCUT2D eigenvalue weighted by Gasteiger charge is 2.08. The van der Waals surface area contributed by atoms with Crippen LogP contribution in [0, 0.1) is 0 Å². The molecule has 0 aliphatic rings. The number of aryl methyl sites for hydroxylation is 1. The first-order chi connectivity index (χ1) is 12.6. The van der Waals surface area contributed by atoms with E-state index in [-0.39, 0.29) is 5.56 Å². The molecule has 0 amide bonds. The minimum atomic E-state index is -0.577. The van der Waals surface area contributed by atoms with Gasteiger partial charge in [0.1, 0.15) is 12.4 Å². The van der Waals surface area contributed by atoms with Crippen LogP contribution >= 0.6 is 11.6 Å². The van der Waals surface area contributed by atoms with Crippen LogP contribution in [0.5, 0.6) is 5.75 Å². The lowest BCUT2D eigenvalue weighted by molar-refractivity contribution is 0.0904. The van der Waals surface area contributed by atoms with Crippen LogP contribution in [0.4, 0.5) is 0 Å². The van der Waals surface area contributed by atoms with Crippen molar-refractivity contribution in [3.63, 3.8) is 0 Å². The molecule has 3 aromatic rings. The van der Waals surface area contributed by atoms with E-state index in [1.54, 1.807) is 35.0 Å². The first-order valence-electron chi connectivity index (χ1n) is 8.25. The van der Waals surface area contributed by atoms with Gasteiger partial charge in [-0.3, -0.25) is 9.59 Å². The first-order valence-corrected chi connectivity index (χ1v) is 8.62. The fourth-order valence-electron chi connectivity index (χ4n) is 2.70. The molecule has 0 atom stereocenters. The van der Waals surface area contributed by atoms with Gasteiger partial charge in [-0.15, -0.1) is 0 Å². The maximum Gasteiger partial charge on any atom is 0.258 e. The van der Waals surface area contributed by atoms with E-state index in [0.29, 0.717) is 41.3 Å². The number of benzene rings is 2. The summed E-state index contributed by atoms with van der Waals surface area (Å²) < 4.78 is 7.22. The molecular weight excluding hydrogens is 354 g/mol. The number of ether oxygens (including phenoxy) is 1. The Balaban J connectivity index is 1.72. The van der Waals surface area contributed by atoms with E-state index in [1.807, 2.05) is 18.2 Å². The first kappa shape index (κ1) is 18.2. The molecule has 2 aromatic carbocycles. The number of aromatic nitrogens is 1. The van der Waals surface area contributed by atoms with Gasteiger partial charge in [-0.1, -0.05) is 35.9 Å². The molecule has 0 aliphatic carbocycles. The van der Waals surface area contributed by atoms with Gasteiger partial charge in [-0.2, -0.15) is 0 Å². The summed E-state index contributed by atoms with van der Waals surface area (Å²) in [6.07, 6.45) is 2.36. The van der Waals surface area contributed by atoms with Crippen LogP contribution in [0.2, 0.25) is 5.02 Å². The highest BCUT2D eigenvalue weighted by atomic mass is 35.5. The van der Waals surface area contributed by atoms with Crippen molar-refractivity contribution in [1.29, 1.82) is 0 Å². The van der Waals surface area contributed by atoms with Crippen molar-refractivity contribution in [1.82, 2.24) is 4.57 Å². The van der Waals surface area contributed by atoms with Crippen molar-refractivity contribution in [3.05, 3.63) is 75.7 Å². The fraction of sp³-hybridized carbons (Fsp3) is 0.200. The molecule has 0 aliphatic heterocycles. The Morgan fingerprint density at radius 2 is 1.96 bits per heavy atom. The van der Waals surface area contributed by atoms with Crippen molar-refractivity contribution in [2.75, 3.05) is 13.2 Å². The zero-order chi connectivity index (χ0) is 18.5. The van der Waals surface area contributed by atoms with Gasteiger partial charge in [0.15, 0.2) is 5.78 Å². The molecule has 0 fully saturated rings. The number of hydrogen-bond acceptors (Lipinski definition) is 4. The van der Waals surface area contributed by atoms with Gasteiger partial charge in [0.05, 0.1) is 11.6 Å². The largest absolute Gasteiger partial charge is 0.492 e. The molecule has 0 saturated heterocycles. The maximum atomic E-state index is 12.6. The summed E-state index contributed by atoms with van der Waals surface area (Å²) in [5, 5.41) is 10.8. The predicted octanol–water partition coefficient (Wildman–Crippen LogP) is 3.30. The molecule has 3 rings (SSSR count). The minimum absolute atomic E-state index is 0.173. The Morgan fingerprint density at radius 1 is 1.15 bits per heavy atom. The van der Waals surface area contributed by atoms with Crippen LogP contribution in [0.1, 0.15) is 16.8 Å². The number of aliphatic hydroxyl groups excluding tert-OH is 1. The van der Waals surface area contributed by atoms with Crippen molar-refractivity contribution in [2.45, 2.75) is 13.0 Å². The zero-order valence-corrected chi connectivity index (χ0v) is 14.8.